The van der Waals surface area contributed by atoms with Crippen molar-refractivity contribution in [3.05, 3.63) is 23.0 Å². The van der Waals surface area contributed by atoms with E-state index in [1.165, 1.54) is 6.07 Å². The zero-order valence-corrected chi connectivity index (χ0v) is 9.24. The van der Waals surface area contributed by atoms with Crippen molar-refractivity contribution in [1.29, 1.82) is 0 Å². The Hall–Kier alpha value is -0.960. The van der Waals surface area contributed by atoms with Gasteiger partial charge in [0.2, 0.25) is 0 Å². The number of hydrogen-bond acceptors (Lipinski definition) is 2. The largest absolute Gasteiger partial charge is 0.363 e. The highest BCUT2D eigenvalue weighted by atomic mass is 35.5. The van der Waals surface area contributed by atoms with Crippen LogP contribution in [-0.2, 0) is 0 Å². The third-order valence-corrected chi connectivity index (χ3v) is 2.14. The molecule has 1 aliphatic heterocycles. The van der Waals surface area contributed by atoms with Crippen LogP contribution in [0.4, 0.5) is 15.8 Å². The van der Waals surface area contributed by atoms with E-state index in [1.807, 2.05) is 20.8 Å². The summed E-state index contributed by atoms with van der Waals surface area (Å²) in [5.74, 6) is -0.272. The fraction of sp³-hybridized carbons (Fsp3) is 0.400. The minimum Gasteiger partial charge on any atom is -0.363 e. The Bertz CT molecular complexity index is 297. The molecule has 2 N–H and O–H groups in total. The average Bonchev–Trinajstić information content (AvgIpc) is 2.58. The standard InChI is InChI=1S/C8H8ClFN2.C2H6/c1-4-11-7-5(9)2-3-6(10)8(7)12-4;1-2/h2-4,11-12H,1H3;1-2H3. The smallest absolute Gasteiger partial charge is 0.148 e. The lowest BCUT2D eigenvalue weighted by molar-refractivity contribution is 0.631. The summed E-state index contributed by atoms with van der Waals surface area (Å²) >= 11 is 5.84. The minimum atomic E-state index is -0.272. The average molecular weight is 217 g/mol. The van der Waals surface area contributed by atoms with Gasteiger partial charge in [0.25, 0.3) is 0 Å². The molecule has 0 saturated heterocycles. The first-order valence-electron chi connectivity index (χ1n) is 4.69. The molecule has 14 heavy (non-hydrogen) atoms. The van der Waals surface area contributed by atoms with Crippen LogP contribution in [0.1, 0.15) is 20.8 Å². The van der Waals surface area contributed by atoms with E-state index >= 15 is 0 Å². The van der Waals surface area contributed by atoms with Crippen LogP contribution in [0, 0.1) is 5.82 Å². The van der Waals surface area contributed by atoms with Crippen molar-refractivity contribution in [2.75, 3.05) is 10.6 Å². The Balaban J connectivity index is 0.000000461. The molecule has 0 amide bonds. The minimum absolute atomic E-state index is 0.0365. The van der Waals surface area contributed by atoms with Gasteiger partial charge in [0.1, 0.15) is 5.82 Å². The lowest BCUT2D eigenvalue weighted by Gasteiger charge is -2.02. The van der Waals surface area contributed by atoms with Gasteiger partial charge in [0.05, 0.1) is 22.6 Å². The van der Waals surface area contributed by atoms with Gasteiger partial charge in [-0.05, 0) is 19.1 Å². The highest BCUT2D eigenvalue weighted by molar-refractivity contribution is 6.34. The van der Waals surface area contributed by atoms with E-state index < -0.39 is 0 Å². The molecule has 1 aromatic rings. The molecule has 2 nitrogen and oxygen atoms in total. The van der Waals surface area contributed by atoms with Gasteiger partial charge < -0.3 is 10.6 Å². The molecule has 78 valence electrons. The van der Waals surface area contributed by atoms with Gasteiger partial charge in [-0.25, -0.2) is 4.39 Å². The molecule has 1 heterocycles. The fourth-order valence-corrected chi connectivity index (χ4v) is 1.52. The summed E-state index contributed by atoms with van der Waals surface area (Å²) in [5.41, 5.74) is 1.12. The third kappa shape index (κ3) is 1.93. The first-order valence-corrected chi connectivity index (χ1v) is 5.07. The van der Waals surface area contributed by atoms with Crippen LogP contribution in [0.3, 0.4) is 0 Å². The normalized spacial score (nSPS) is 17.4. The topological polar surface area (TPSA) is 24.1 Å². The second-order valence-electron chi connectivity index (χ2n) is 2.79. The zero-order chi connectivity index (χ0) is 10.7. The zero-order valence-electron chi connectivity index (χ0n) is 8.49. The number of hydrogen-bond donors (Lipinski definition) is 2. The Labute approximate surface area is 88.5 Å². The molecule has 1 aliphatic rings. The van der Waals surface area contributed by atoms with E-state index in [0.29, 0.717) is 16.4 Å². The van der Waals surface area contributed by atoms with Crippen LogP contribution in [0.25, 0.3) is 0 Å². The summed E-state index contributed by atoms with van der Waals surface area (Å²) in [6.45, 7) is 5.90. The number of anilines is 2. The van der Waals surface area contributed by atoms with E-state index in [2.05, 4.69) is 10.6 Å². The quantitative estimate of drug-likeness (QED) is 0.691. The molecular weight excluding hydrogens is 203 g/mol. The molecule has 0 aliphatic carbocycles. The summed E-state index contributed by atoms with van der Waals surface area (Å²) in [4.78, 5) is 0. The van der Waals surface area contributed by atoms with Gasteiger partial charge in [-0.2, -0.15) is 0 Å². The van der Waals surface area contributed by atoms with Crippen molar-refractivity contribution in [2.24, 2.45) is 0 Å². The van der Waals surface area contributed by atoms with Crippen LogP contribution in [0.15, 0.2) is 12.1 Å². The molecule has 1 atom stereocenters. The monoisotopic (exact) mass is 216 g/mol. The molecule has 0 saturated carbocycles. The number of fused-ring (bicyclic) bond motifs is 1. The van der Waals surface area contributed by atoms with Gasteiger partial charge >= 0.3 is 0 Å². The van der Waals surface area contributed by atoms with E-state index in [4.69, 9.17) is 11.6 Å². The maximum absolute atomic E-state index is 13.1. The van der Waals surface area contributed by atoms with Crippen molar-refractivity contribution >= 4 is 23.0 Å². The van der Waals surface area contributed by atoms with Crippen LogP contribution in [0.2, 0.25) is 5.02 Å². The fourth-order valence-electron chi connectivity index (χ4n) is 1.30. The molecular formula is C10H14ClFN2. The number of benzene rings is 1. The summed E-state index contributed by atoms with van der Waals surface area (Å²) in [7, 11) is 0. The summed E-state index contributed by atoms with van der Waals surface area (Å²) in [6, 6.07) is 2.90. The van der Waals surface area contributed by atoms with Gasteiger partial charge in [0, 0.05) is 0 Å². The van der Waals surface area contributed by atoms with Gasteiger partial charge in [0.15, 0.2) is 0 Å². The molecule has 4 heteroatoms. The number of halogens is 2. The lowest BCUT2D eigenvalue weighted by Crippen LogP contribution is -2.16. The van der Waals surface area contributed by atoms with E-state index in [1.54, 1.807) is 6.07 Å². The van der Waals surface area contributed by atoms with Gasteiger partial charge in [-0.3, -0.25) is 0 Å². The predicted octanol–water partition coefficient (Wildman–Crippen LogP) is 3.69. The maximum atomic E-state index is 13.1. The molecule has 0 fully saturated rings. The highest BCUT2D eigenvalue weighted by Gasteiger charge is 2.21. The first kappa shape index (κ1) is 11.1. The maximum Gasteiger partial charge on any atom is 0.148 e. The van der Waals surface area contributed by atoms with Crippen LogP contribution in [-0.4, -0.2) is 6.17 Å². The lowest BCUT2D eigenvalue weighted by atomic mass is 10.2. The van der Waals surface area contributed by atoms with Crippen molar-refractivity contribution in [3.63, 3.8) is 0 Å². The Kier molecular flexibility index (Phi) is 3.58. The molecule has 0 spiro atoms. The van der Waals surface area contributed by atoms with Crippen molar-refractivity contribution < 1.29 is 4.39 Å². The second-order valence-corrected chi connectivity index (χ2v) is 3.20. The Morgan fingerprint density at radius 2 is 1.79 bits per heavy atom. The second kappa shape index (κ2) is 4.51. The van der Waals surface area contributed by atoms with Crippen LogP contribution in [0.5, 0.6) is 0 Å². The molecule has 0 aromatic heterocycles. The van der Waals surface area contributed by atoms with Crippen molar-refractivity contribution in [1.82, 2.24) is 0 Å². The predicted molar refractivity (Wildman–Crippen MR) is 59.5 cm³/mol. The first-order chi connectivity index (χ1) is 6.68. The summed E-state index contributed by atoms with van der Waals surface area (Å²) in [6.07, 6.45) is 0.0365. The van der Waals surface area contributed by atoms with E-state index in [-0.39, 0.29) is 12.0 Å². The molecule has 1 unspecified atom stereocenters. The third-order valence-electron chi connectivity index (χ3n) is 1.83. The van der Waals surface area contributed by atoms with Gasteiger partial charge in [-0.1, -0.05) is 25.4 Å². The molecule has 0 bridgehead atoms. The summed E-state index contributed by atoms with van der Waals surface area (Å²) in [5, 5.41) is 6.50. The number of rotatable bonds is 0. The van der Waals surface area contributed by atoms with E-state index in [9.17, 15) is 4.39 Å². The molecule has 2 rings (SSSR count). The number of nitrogens with one attached hydrogen (secondary N) is 2. The SMILES string of the molecule is CC.CC1Nc2c(F)ccc(Cl)c2N1. The van der Waals surface area contributed by atoms with Crippen LogP contribution >= 0.6 is 11.6 Å². The molecule has 1 aromatic carbocycles. The summed E-state index contributed by atoms with van der Waals surface area (Å²) < 4.78 is 13.1. The van der Waals surface area contributed by atoms with Crippen molar-refractivity contribution in [3.8, 4) is 0 Å². The van der Waals surface area contributed by atoms with Crippen LogP contribution < -0.4 is 10.6 Å². The molecule has 0 radical (unpaired) electrons. The Morgan fingerprint density at radius 3 is 2.36 bits per heavy atom. The van der Waals surface area contributed by atoms with E-state index in [0.717, 1.165) is 0 Å². The van der Waals surface area contributed by atoms with Crippen molar-refractivity contribution in [2.45, 2.75) is 26.9 Å². The highest BCUT2D eigenvalue weighted by Crippen LogP contribution is 2.37. The Morgan fingerprint density at radius 1 is 1.21 bits per heavy atom. The van der Waals surface area contributed by atoms with Gasteiger partial charge in [-0.15, -0.1) is 0 Å².